The maximum atomic E-state index is 6.12. The van der Waals surface area contributed by atoms with Crippen LogP contribution in [0.2, 0.25) is 0 Å². The van der Waals surface area contributed by atoms with Gasteiger partial charge in [0.05, 0.1) is 11.7 Å². The molecule has 0 spiro atoms. The van der Waals surface area contributed by atoms with E-state index in [0.717, 1.165) is 11.4 Å². The smallest absolute Gasteiger partial charge is 0.271 e. The molecular formula is C17H23N3OS. The number of ether oxygens (including phenoxy) is 1. The number of hydrogen-bond acceptors (Lipinski definition) is 5. The maximum absolute atomic E-state index is 6.12. The SMILES string of the molecule is CC(Oc1nsnc1N1C(C)CCCC1C)c1ccccc1. The van der Waals surface area contributed by atoms with Crippen LogP contribution in [-0.2, 0) is 0 Å². The average molecular weight is 317 g/mol. The third kappa shape index (κ3) is 3.09. The Kier molecular flexibility index (Phi) is 4.62. The Morgan fingerprint density at radius 1 is 1.14 bits per heavy atom. The van der Waals surface area contributed by atoms with Crippen LogP contribution in [0.15, 0.2) is 30.3 Å². The molecule has 0 amide bonds. The lowest BCUT2D eigenvalue weighted by molar-refractivity contribution is 0.218. The topological polar surface area (TPSA) is 38.3 Å². The van der Waals surface area contributed by atoms with E-state index >= 15 is 0 Å². The number of anilines is 1. The monoisotopic (exact) mass is 317 g/mol. The van der Waals surface area contributed by atoms with Crippen LogP contribution in [0.4, 0.5) is 5.82 Å². The maximum Gasteiger partial charge on any atom is 0.271 e. The summed E-state index contributed by atoms with van der Waals surface area (Å²) in [4.78, 5) is 2.38. The molecule has 1 aliphatic rings. The van der Waals surface area contributed by atoms with Crippen LogP contribution in [0.5, 0.6) is 5.88 Å². The van der Waals surface area contributed by atoms with E-state index in [9.17, 15) is 0 Å². The first-order chi connectivity index (χ1) is 10.7. The second-order valence-corrected chi connectivity index (χ2v) is 6.63. The molecule has 0 saturated carbocycles. The van der Waals surface area contributed by atoms with Gasteiger partial charge in [-0.05, 0) is 45.6 Å². The lowest BCUT2D eigenvalue weighted by Gasteiger charge is -2.39. The molecule has 3 unspecified atom stereocenters. The highest BCUT2D eigenvalue weighted by atomic mass is 32.1. The van der Waals surface area contributed by atoms with Crippen molar-refractivity contribution in [3.8, 4) is 5.88 Å². The number of hydrogen-bond donors (Lipinski definition) is 0. The summed E-state index contributed by atoms with van der Waals surface area (Å²) < 4.78 is 15.0. The summed E-state index contributed by atoms with van der Waals surface area (Å²) in [6.45, 7) is 6.58. The minimum absolute atomic E-state index is 0.0285. The van der Waals surface area contributed by atoms with E-state index in [2.05, 4.69) is 46.6 Å². The van der Waals surface area contributed by atoms with Gasteiger partial charge in [0.15, 0.2) is 0 Å². The Bertz CT molecular complexity index is 591. The summed E-state index contributed by atoms with van der Waals surface area (Å²) in [5.41, 5.74) is 1.15. The molecule has 1 aromatic heterocycles. The Morgan fingerprint density at radius 3 is 2.50 bits per heavy atom. The second kappa shape index (κ2) is 6.65. The fraction of sp³-hybridized carbons (Fsp3) is 0.529. The van der Waals surface area contributed by atoms with Gasteiger partial charge < -0.3 is 9.64 Å². The molecule has 1 saturated heterocycles. The van der Waals surface area contributed by atoms with Crippen molar-refractivity contribution in [1.29, 1.82) is 0 Å². The number of aromatic nitrogens is 2. The Balaban J connectivity index is 1.80. The zero-order valence-corrected chi connectivity index (χ0v) is 14.2. The van der Waals surface area contributed by atoms with Gasteiger partial charge in [-0.3, -0.25) is 0 Å². The lowest BCUT2D eigenvalue weighted by atomic mass is 9.98. The molecule has 1 fully saturated rings. The summed E-state index contributed by atoms with van der Waals surface area (Å²) >= 11 is 1.23. The van der Waals surface area contributed by atoms with E-state index in [1.54, 1.807) is 0 Å². The molecule has 22 heavy (non-hydrogen) atoms. The molecule has 0 bridgehead atoms. The first-order valence-electron chi connectivity index (χ1n) is 7.99. The first kappa shape index (κ1) is 15.3. The normalized spacial score (nSPS) is 23.3. The second-order valence-electron chi connectivity index (χ2n) is 6.10. The summed E-state index contributed by atoms with van der Waals surface area (Å²) in [5.74, 6) is 1.58. The van der Waals surface area contributed by atoms with Gasteiger partial charge in [0, 0.05) is 12.1 Å². The van der Waals surface area contributed by atoms with Crippen LogP contribution in [0, 0.1) is 0 Å². The highest BCUT2D eigenvalue weighted by molar-refractivity contribution is 6.99. The van der Waals surface area contributed by atoms with Gasteiger partial charge in [-0.2, -0.15) is 4.37 Å². The number of rotatable bonds is 4. The predicted molar refractivity (Wildman–Crippen MR) is 90.6 cm³/mol. The van der Waals surface area contributed by atoms with Gasteiger partial charge in [-0.25, -0.2) is 0 Å². The number of piperidine rings is 1. The molecular weight excluding hydrogens is 294 g/mol. The van der Waals surface area contributed by atoms with Crippen molar-refractivity contribution in [2.24, 2.45) is 0 Å². The molecule has 4 nitrogen and oxygen atoms in total. The third-order valence-corrected chi connectivity index (χ3v) is 4.94. The summed E-state index contributed by atoms with van der Waals surface area (Å²) in [7, 11) is 0. The summed E-state index contributed by atoms with van der Waals surface area (Å²) in [6, 6.07) is 11.2. The van der Waals surface area contributed by atoms with Crippen molar-refractivity contribution < 1.29 is 4.74 Å². The van der Waals surface area contributed by atoms with E-state index in [-0.39, 0.29) is 6.10 Å². The molecule has 0 radical (unpaired) electrons. The molecule has 5 heteroatoms. The van der Waals surface area contributed by atoms with Crippen molar-refractivity contribution in [2.45, 2.75) is 58.2 Å². The molecule has 2 heterocycles. The molecule has 0 N–H and O–H groups in total. The van der Waals surface area contributed by atoms with Gasteiger partial charge in [0.25, 0.3) is 5.88 Å². The third-order valence-electron chi connectivity index (χ3n) is 4.44. The van der Waals surface area contributed by atoms with E-state index in [0.29, 0.717) is 18.0 Å². The van der Waals surface area contributed by atoms with Crippen LogP contribution < -0.4 is 9.64 Å². The van der Waals surface area contributed by atoms with E-state index in [4.69, 9.17) is 4.74 Å². The van der Waals surface area contributed by atoms with Crippen LogP contribution >= 0.6 is 11.7 Å². The van der Waals surface area contributed by atoms with Crippen LogP contribution in [0.25, 0.3) is 0 Å². The fourth-order valence-electron chi connectivity index (χ4n) is 3.21. The minimum Gasteiger partial charge on any atom is -0.467 e. The molecule has 2 aromatic rings. The van der Waals surface area contributed by atoms with Crippen molar-refractivity contribution in [2.75, 3.05) is 4.90 Å². The Hall–Kier alpha value is -1.62. The lowest BCUT2D eigenvalue weighted by Crippen LogP contribution is -2.44. The van der Waals surface area contributed by atoms with Crippen LogP contribution in [0.1, 0.15) is 51.7 Å². The highest BCUT2D eigenvalue weighted by Crippen LogP contribution is 2.36. The zero-order chi connectivity index (χ0) is 15.5. The van der Waals surface area contributed by atoms with Crippen molar-refractivity contribution in [3.05, 3.63) is 35.9 Å². The highest BCUT2D eigenvalue weighted by Gasteiger charge is 2.30. The minimum atomic E-state index is -0.0285. The number of nitrogens with zero attached hydrogens (tertiary/aromatic N) is 3. The number of benzene rings is 1. The van der Waals surface area contributed by atoms with Crippen LogP contribution in [0.3, 0.4) is 0 Å². The molecule has 0 aliphatic carbocycles. The molecule has 3 atom stereocenters. The van der Waals surface area contributed by atoms with E-state index < -0.39 is 0 Å². The fourth-order valence-corrected chi connectivity index (χ4v) is 3.70. The van der Waals surface area contributed by atoms with Crippen molar-refractivity contribution in [1.82, 2.24) is 8.75 Å². The molecule has 3 rings (SSSR count). The van der Waals surface area contributed by atoms with Crippen LogP contribution in [-0.4, -0.2) is 20.8 Å². The quantitative estimate of drug-likeness (QED) is 0.835. The largest absolute Gasteiger partial charge is 0.467 e. The summed E-state index contributed by atoms with van der Waals surface area (Å²) in [6.07, 6.45) is 3.66. The van der Waals surface area contributed by atoms with Gasteiger partial charge in [0.2, 0.25) is 5.82 Å². The molecule has 1 aliphatic heterocycles. The summed E-state index contributed by atoms with van der Waals surface area (Å²) in [5, 5.41) is 0. The van der Waals surface area contributed by atoms with Gasteiger partial charge in [-0.1, -0.05) is 30.3 Å². The van der Waals surface area contributed by atoms with Gasteiger partial charge in [-0.15, -0.1) is 4.37 Å². The van der Waals surface area contributed by atoms with E-state index in [1.165, 1.54) is 31.0 Å². The molecule has 1 aromatic carbocycles. The Labute approximate surface area is 136 Å². The average Bonchev–Trinajstić information content (AvgIpc) is 2.96. The van der Waals surface area contributed by atoms with Gasteiger partial charge in [0.1, 0.15) is 6.10 Å². The van der Waals surface area contributed by atoms with Gasteiger partial charge >= 0.3 is 0 Å². The predicted octanol–water partition coefficient (Wildman–Crippen LogP) is 4.45. The van der Waals surface area contributed by atoms with E-state index in [1.807, 2.05) is 18.2 Å². The van der Waals surface area contributed by atoms with Crippen molar-refractivity contribution in [3.63, 3.8) is 0 Å². The van der Waals surface area contributed by atoms with Crippen molar-refractivity contribution >= 4 is 17.5 Å². The Morgan fingerprint density at radius 2 is 1.82 bits per heavy atom. The zero-order valence-electron chi connectivity index (χ0n) is 13.4. The standard InChI is InChI=1S/C17H23N3OS/c1-12-8-7-9-13(2)20(12)16-17(19-22-18-16)21-14(3)15-10-5-4-6-11-15/h4-6,10-14H,7-9H2,1-3H3. The first-order valence-corrected chi connectivity index (χ1v) is 8.72. The molecule has 118 valence electrons.